The largest absolute Gasteiger partial charge is 0.472 e. The van der Waals surface area contributed by atoms with E-state index in [1.54, 1.807) is 24.9 Å². The van der Waals surface area contributed by atoms with Crippen molar-refractivity contribution in [2.75, 3.05) is 0 Å². The summed E-state index contributed by atoms with van der Waals surface area (Å²) < 4.78 is 5.24. The molecule has 6 aromatic heterocycles. The van der Waals surface area contributed by atoms with Crippen molar-refractivity contribution in [1.82, 2.24) is 30.1 Å². The highest BCUT2D eigenvalue weighted by Crippen LogP contribution is 2.34. The number of H-pyrrole nitrogens is 2. The van der Waals surface area contributed by atoms with Gasteiger partial charge < -0.3 is 9.40 Å². The molecule has 0 aromatic carbocycles. The standard InChI is InChI=1S/C22H14N6O/c1-2-5-24-18(3-1)14-7-16-21(27-28-22(16)25-9-14)19-8-15-17(13-4-6-29-12-13)10-23-11-20(15)26-19/h1-12,26H,(H,25,27,28). The second-order valence-electron chi connectivity index (χ2n) is 6.75. The zero-order valence-corrected chi connectivity index (χ0v) is 15.1. The van der Waals surface area contributed by atoms with E-state index in [1.165, 1.54) is 0 Å². The van der Waals surface area contributed by atoms with E-state index in [4.69, 9.17) is 4.42 Å². The first-order chi connectivity index (χ1) is 14.4. The molecule has 138 valence electrons. The first-order valence-corrected chi connectivity index (χ1v) is 9.12. The lowest BCUT2D eigenvalue weighted by atomic mass is 10.1. The van der Waals surface area contributed by atoms with Crippen molar-refractivity contribution in [2.45, 2.75) is 0 Å². The van der Waals surface area contributed by atoms with E-state index in [1.807, 2.05) is 36.7 Å². The molecule has 0 spiro atoms. The number of aromatic nitrogens is 6. The number of rotatable bonds is 3. The number of pyridine rings is 3. The smallest absolute Gasteiger partial charge is 0.181 e. The second kappa shape index (κ2) is 6.13. The van der Waals surface area contributed by atoms with Crippen molar-refractivity contribution in [3.63, 3.8) is 0 Å². The van der Waals surface area contributed by atoms with Crippen LogP contribution in [0.4, 0.5) is 0 Å². The van der Waals surface area contributed by atoms with Crippen molar-refractivity contribution in [2.24, 2.45) is 0 Å². The molecule has 6 heterocycles. The molecule has 0 bridgehead atoms. The molecular weight excluding hydrogens is 364 g/mol. The number of nitrogens with zero attached hydrogens (tertiary/aromatic N) is 4. The van der Waals surface area contributed by atoms with Gasteiger partial charge in [-0.1, -0.05) is 6.07 Å². The minimum absolute atomic E-state index is 0.659. The Bertz CT molecular complexity index is 1450. The van der Waals surface area contributed by atoms with Gasteiger partial charge >= 0.3 is 0 Å². The fourth-order valence-electron chi connectivity index (χ4n) is 3.61. The summed E-state index contributed by atoms with van der Waals surface area (Å²) in [7, 11) is 0. The van der Waals surface area contributed by atoms with Crippen LogP contribution < -0.4 is 0 Å². The highest BCUT2D eigenvalue weighted by Gasteiger charge is 2.15. The molecule has 0 unspecified atom stereocenters. The zero-order valence-electron chi connectivity index (χ0n) is 15.1. The van der Waals surface area contributed by atoms with Crippen LogP contribution >= 0.6 is 0 Å². The van der Waals surface area contributed by atoms with Crippen molar-refractivity contribution in [3.8, 4) is 33.8 Å². The minimum Gasteiger partial charge on any atom is -0.472 e. The van der Waals surface area contributed by atoms with Gasteiger partial charge in [0.1, 0.15) is 0 Å². The SMILES string of the molecule is c1ccc(-c2cnc3n[nH]c(-c4cc5c(-c6ccoc6)cncc5[nH]4)c3c2)nc1. The molecule has 6 aromatic rings. The lowest BCUT2D eigenvalue weighted by Crippen LogP contribution is -1.85. The van der Waals surface area contributed by atoms with Crippen LogP contribution in [0.5, 0.6) is 0 Å². The molecule has 0 aliphatic rings. The van der Waals surface area contributed by atoms with Crippen molar-refractivity contribution >= 4 is 21.9 Å². The lowest BCUT2D eigenvalue weighted by Gasteiger charge is -2.00. The fraction of sp³-hybridized carbons (Fsp3) is 0. The normalized spacial score (nSPS) is 11.4. The van der Waals surface area contributed by atoms with E-state index >= 15 is 0 Å². The summed E-state index contributed by atoms with van der Waals surface area (Å²) in [5.74, 6) is 0. The first kappa shape index (κ1) is 15.8. The summed E-state index contributed by atoms with van der Waals surface area (Å²) in [5, 5.41) is 9.48. The van der Waals surface area contributed by atoms with E-state index in [0.29, 0.717) is 5.65 Å². The van der Waals surface area contributed by atoms with E-state index < -0.39 is 0 Å². The van der Waals surface area contributed by atoms with Crippen LogP contribution in [-0.2, 0) is 0 Å². The van der Waals surface area contributed by atoms with Gasteiger partial charge in [-0.15, -0.1) is 0 Å². The molecule has 2 N–H and O–H groups in total. The van der Waals surface area contributed by atoms with Gasteiger partial charge in [-0.2, -0.15) is 5.10 Å². The molecule has 29 heavy (non-hydrogen) atoms. The van der Waals surface area contributed by atoms with Crippen LogP contribution in [0.25, 0.3) is 55.7 Å². The summed E-state index contributed by atoms with van der Waals surface area (Å²) in [4.78, 5) is 16.7. The molecule has 0 atom stereocenters. The Morgan fingerprint density at radius 1 is 0.897 bits per heavy atom. The third-order valence-corrected chi connectivity index (χ3v) is 5.02. The number of hydrogen-bond donors (Lipinski definition) is 2. The lowest BCUT2D eigenvalue weighted by molar-refractivity contribution is 0.568. The van der Waals surface area contributed by atoms with Gasteiger partial charge in [-0.3, -0.25) is 15.1 Å². The summed E-state index contributed by atoms with van der Waals surface area (Å²) in [6.07, 6.45) is 10.6. The summed E-state index contributed by atoms with van der Waals surface area (Å²) >= 11 is 0. The maximum Gasteiger partial charge on any atom is 0.181 e. The van der Waals surface area contributed by atoms with Crippen molar-refractivity contribution in [3.05, 3.63) is 73.7 Å². The van der Waals surface area contributed by atoms with E-state index in [2.05, 4.69) is 42.3 Å². The third kappa shape index (κ3) is 2.52. The van der Waals surface area contributed by atoms with Crippen LogP contribution in [0.3, 0.4) is 0 Å². The number of hydrogen-bond acceptors (Lipinski definition) is 5. The molecule has 0 aliphatic heterocycles. The maximum absolute atomic E-state index is 5.24. The zero-order chi connectivity index (χ0) is 19.2. The molecule has 7 nitrogen and oxygen atoms in total. The minimum atomic E-state index is 0.659. The quantitative estimate of drug-likeness (QED) is 0.460. The number of aromatic amines is 2. The highest BCUT2D eigenvalue weighted by molar-refractivity contribution is 6.00. The van der Waals surface area contributed by atoms with Crippen LogP contribution in [0.1, 0.15) is 0 Å². The fourth-order valence-corrected chi connectivity index (χ4v) is 3.61. The van der Waals surface area contributed by atoms with Gasteiger partial charge in [-0.05, 0) is 30.3 Å². The summed E-state index contributed by atoms with van der Waals surface area (Å²) in [6.45, 7) is 0. The Hall–Kier alpha value is -4.26. The topological polar surface area (TPSA) is 96.3 Å². The monoisotopic (exact) mass is 378 g/mol. The second-order valence-corrected chi connectivity index (χ2v) is 6.75. The van der Waals surface area contributed by atoms with E-state index in [-0.39, 0.29) is 0 Å². The van der Waals surface area contributed by atoms with Crippen molar-refractivity contribution < 1.29 is 4.42 Å². The van der Waals surface area contributed by atoms with Crippen LogP contribution in [0.2, 0.25) is 0 Å². The number of furan rings is 1. The Labute approximate surface area is 164 Å². The van der Waals surface area contributed by atoms with E-state index in [9.17, 15) is 0 Å². The van der Waals surface area contributed by atoms with Gasteiger partial charge in [0, 0.05) is 46.1 Å². The van der Waals surface area contributed by atoms with Gasteiger partial charge in [0.15, 0.2) is 5.65 Å². The molecule has 0 saturated heterocycles. The Kier molecular flexibility index (Phi) is 3.33. The molecule has 0 aliphatic carbocycles. The molecule has 0 radical (unpaired) electrons. The van der Waals surface area contributed by atoms with Crippen LogP contribution in [0, 0.1) is 0 Å². The number of nitrogens with one attached hydrogen (secondary N) is 2. The Balaban J connectivity index is 1.53. The number of fused-ring (bicyclic) bond motifs is 2. The van der Waals surface area contributed by atoms with Crippen LogP contribution in [-0.4, -0.2) is 30.1 Å². The van der Waals surface area contributed by atoms with Gasteiger partial charge in [-0.25, -0.2) is 4.98 Å². The average molecular weight is 378 g/mol. The van der Waals surface area contributed by atoms with Gasteiger partial charge in [0.2, 0.25) is 0 Å². The van der Waals surface area contributed by atoms with Gasteiger partial charge in [0.25, 0.3) is 0 Å². The summed E-state index contributed by atoms with van der Waals surface area (Å²) in [6, 6.07) is 11.9. The molecule has 0 saturated carbocycles. The van der Waals surface area contributed by atoms with Crippen molar-refractivity contribution in [1.29, 1.82) is 0 Å². The predicted octanol–water partition coefficient (Wildman–Crippen LogP) is 4.82. The first-order valence-electron chi connectivity index (χ1n) is 9.12. The Morgan fingerprint density at radius 3 is 2.76 bits per heavy atom. The van der Waals surface area contributed by atoms with E-state index in [0.717, 1.165) is 50.1 Å². The molecule has 7 heteroatoms. The molecule has 0 fully saturated rings. The summed E-state index contributed by atoms with van der Waals surface area (Å²) in [5.41, 5.74) is 7.20. The van der Waals surface area contributed by atoms with Crippen LogP contribution in [0.15, 0.2) is 78.1 Å². The highest BCUT2D eigenvalue weighted by atomic mass is 16.3. The van der Waals surface area contributed by atoms with Gasteiger partial charge in [0.05, 0.1) is 41.3 Å². The predicted molar refractivity (Wildman–Crippen MR) is 110 cm³/mol. The third-order valence-electron chi connectivity index (χ3n) is 5.02. The molecular formula is C22H14N6O. The molecule has 6 rings (SSSR count). The Morgan fingerprint density at radius 2 is 1.90 bits per heavy atom. The molecule has 0 amide bonds. The maximum atomic E-state index is 5.24. The average Bonchev–Trinajstić information content (AvgIpc) is 3.52.